The average molecular weight is 283 g/mol. The van der Waals surface area contributed by atoms with E-state index in [0.717, 1.165) is 17.6 Å². The van der Waals surface area contributed by atoms with Gasteiger partial charge in [0.2, 0.25) is 0 Å². The Kier molecular flexibility index (Phi) is 7.42. The van der Waals surface area contributed by atoms with Gasteiger partial charge in [-0.25, -0.2) is 0 Å². The van der Waals surface area contributed by atoms with Crippen molar-refractivity contribution >= 4 is 15.9 Å². The molecule has 0 radical (unpaired) electrons. The predicted molar refractivity (Wildman–Crippen MR) is 61.6 cm³/mol. The maximum Gasteiger partial charge on any atom is 1.00 e. The standard InChI is InChI=1S/C11H17BrN.K.H/c1-4-13(2,3)9-10-7-5-6-8-11(10)12;;/h5-8H,4,9H2,1-3H3;;/q2*+1;-1. The maximum absolute atomic E-state index is 3.57. The van der Waals surface area contributed by atoms with E-state index in [9.17, 15) is 0 Å². The third-order valence-electron chi connectivity index (χ3n) is 2.41. The molecule has 0 unspecified atom stereocenters. The van der Waals surface area contributed by atoms with Crippen LogP contribution < -0.4 is 51.4 Å². The van der Waals surface area contributed by atoms with Gasteiger partial charge in [0.15, 0.2) is 0 Å². The van der Waals surface area contributed by atoms with E-state index in [1.54, 1.807) is 0 Å². The molecule has 0 bridgehead atoms. The van der Waals surface area contributed by atoms with Crippen molar-refractivity contribution in [1.82, 2.24) is 0 Å². The van der Waals surface area contributed by atoms with Crippen LogP contribution in [0.15, 0.2) is 28.7 Å². The quantitative estimate of drug-likeness (QED) is 0.548. The van der Waals surface area contributed by atoms with Gasteiger partial charge in [-0.1, -0.05) is 34.1 Å². The van der Waals surface area contributed by atoms with Gasteiger partial charge in [-0.05, 0) is 13.0 Å². The van der Waals surface area contributed by atoms with Crippen LogP contribution in [0, 0.1) is 0 Å². The number of halogens is 1. The molecule has 0 atom stereocenters. The summed E-state index contributed by atoms with van der Waals surface area (Å²) in [6, 6.07) is 8.43. The molecule has 1 aromatic rings. The van der Waals surface area contributed by atoms with Crippen molar-refractivity contribution in [2.24, 2.45) is 0 Å². The second-order valence-electron chi connectivity index (χ2n) is 4.00. The van der Waals surface area contributed by atoms with Crippen molar-refractivity contribution in [2.45, 2.75) is 13.5 Å². The topological polar surface area (TPSA) is 0 Å². The Bertz CT molecular complexity index is 292. The summed E-state index contributed by atoms with van der Waals surface area (Å²) in [6.45, 7) is 4.45. The summed E-state index contributed by atoms with van der Waals surface area (Å²) in [7, 11) is 4.50. The molecule has 0 spiro atoms. The first-order valence-electron chi connectivity index (χ1n) is 4.60. The van der Waals surface area contributed by atoms with Gasteiger partial charge >= 0.3 is 51.4 Å². The molecule has 1 nitrogen and oxygen atoms in total. The summed E-state index contributed by atoms with van der Waals surface area (Å²) in [6.07, 6.45) is 0. The average Bonchev–Trinajstić information content (AvgIpc) is 2.09. The minimum atomic E-state index is 0. The number of hydrogen-bond donors (Lipinski definition) is 0. The molecule has 0 heterocycles. The van der Waals surface area contributed by atoms with E-state index in [1.165, 1.54) is 10.0 Å². The summed E-state index contributed by atoms with van der Waals surface area (Å²) >= 11 is 3.57. The molecule has 14 heavy (non-hydrogen) atoms. The van der Waals surface area contributed by atoms with Crippen LogP contribution in [0.25, 0.3) is 0 Å². The van der Waals surface area contributed by atoms with Crippen molar-refractivity contribution in [3.8, 4) is 0 Å². The van der Waals surface area contributed by atoms with Gasteiger partial charge in [-0.2, -0.15) is 0 Å². The molecule has 0 saturated heterocycles. The predicted octanol–water partition coefficient (Wildman–Crippen LogP) is 0.162. The van der Waals surface area contributed by atoms with Crippen molar-refractivity contribution in [2.75, 3.05) is 20.6 Å². The van der Waals surface area contributed by atoms with Crippen LogP contribution >= 0.6 is 15.9 Å². The van der Waals surface area contributed by atoms with Crippen molar-refractivity contribution in [3.05, 3.63) is 34.3 Å². The number of hydrogen-bond acceptors (Lipinski definition) is 0. The van der Waals surface area contributed by atoms with Gasteiger partial charge in [0, 0.05) is 10.0 Å². The first-order chi connectivity index (χ1) is 6.05. The molecular formula is C11H18BrKN+. The number of quaternary nitrogens is 1. The summed E-state index contributed by atoms with van der Waals surface area (Å²) < 4.78 is 2.25. The molecule has 0 fully saturated rings. The molecule has 0 aromatic heterocycles. The van der Waals surface area contributed by atoms with E-state index < -0.39 is 0 Å². The molecule has 0 aliphatic heterocycles. The van der Waals surface area contributed by atoms with E-state index in [-0.39, 0.29) is 52.8 Å². The second-order valence-corrected chi connectivity index (χ2v) is 4.86. The van der Waals surface area contributed by atoms with Crippen LogP contribution in [0.2, 0.25) is 0 Å². The van der Waals surface area contributed by atoms with Crippen LogP contribution in [-0.4, -0.2) is 25.1 Å². The monoisotopic (exact) mass is 282 g/mol. The van der Waals surface area contributed by atoms with Crippen LogP contribution in [0.3, 0.4) is 0 Å². The summed E-state index contributed by atoms with van der Waals surface area (Å²) in [5.74, 6) is 0. The fourth-order valence-electron chi connectivity index (χ4n) is 1.20. The van der Waals surface area contributed by atoms with Gasteiger partial charge in [-0.3, -0.25) is 0 Å². The number of benzene rings is 1. The summed E-state index contributed by atoms with van der Waals surface area (Å²) in [5, 5.41) is 0. The Balaban J connectivity index is 0. The Morgan fingerprint density at radius 2 is 1.86 bits per heavy atom. The zero-order chi connectivity index (χ0) is 9.90. The van der Waals surface area contributed by atoms with Gasteiger partial charge in [-0.15, -0.1) is 0 Å². The normalized spacial score (nSPS) is 10.9. The Labute approximate surface area is 140 Å². The van der Waals surface area contributed by atoms with Crippen molar-refractivity contribution in [3.63, 3.8) is 0 Å². The van der Waals surface area contributed by atoms with E-state index >= 15 is 0 Å². The molecule has 0 aliphatic rings. The van der Waals surface area contributed by atoms with Crippen molar-refractivity contribution < 1.29 is 57.3 Å². The first-order valence-corrected chi connectivity index (χ1v) is 5.40. The summed E-state index contributed by atoms with van der Waals surface area (Å²) in [4.78, 5) is 0. The van der Waals surface area contributed by atoms with Gasteiger partial charge in [0.05, 0.1) is 20.6 Å². The van der Waals surface area contributed by atoms with E-state index in [1.807, 2.05) is 0 Å². The molecule has 0 amide bonds. The van der Waals surface area contributed by atoms with Crippen LogP contribution in [0.1, 0.15) is 13.9 Å². The minimum absolute atomic E-state index is 0. The maximum atomic E-state index is 3.57. The molecule has 0 aliphatic carbocycles. The third kappa shape index (κ3) is 4.88. The fraction of sp³-hybridized carbons (Fsp3) is 0.455. The number of nitrogens with zero attached hydrogens (tertiary/aromatic N) is 1. The van der Waals surface area contributed by atoms with Gasteiger partial charge < -0.3 is 5.91 Å². The zero-order valence-electron chi connectivity index (χ0n) is 10.5. The molecule has 0 saturated carbocycles. The van der Waals surface area contributed by atoms with E-state index in [4.69, 9.17) is 0 Å². The van der Waals surface area contributed by atoms with Crippen LogP contribution in [0.5, 0.6) is 0 Å². The smallest absolute Gasteiger partial charge is 1.00 e. The van der Waals surface area contributed by atoms with Gasteiger partial charge in [0.1, 0.15) is 6.54 Å². The molecule has 0 N–H and O–H groups in total. The number of rotatable bonds is 3. The molecular weight excluding hydrogens is 265 g/mol. The molecule has 3 heteroatoms. The van der Waals surface area contributed by atoms with Crippen LogP contribution in [0.4, 0.5) is 0 Å². The largest absolute Gasteiger partial charge is 1.00 e. The second kappa shape index (κ2) is 6.79. The van der Waals surface area contributed by atoms with Crippen LogP contribution in [-0.2, 0) is 6.54 Å². The summed E-state index contributed by atoms with van der Waals surface area (Å²) in [5.41, 5.74) is 1.38. The Morgan fingerprint density at radius 3 is 2.36 bits per heavy atom. The SMILES string of the molecule is CC[N+](C)(C)Cc1ccccc1Br.[H-].[K+]. The molecule has 1 aromatic carbocycles. The fourth-order valence-corrected chi connectivity index (χ4v) is 1.61. The first kappa shape index (κ1) is 15.3. The zero-order valence-corrected chi connectivity index (χ0v) is 14.3. The van der Waals surface area contributed by atoms with E-state index in [2.05, 4.69) is 61.2 Å². The van der Waals surface area contributed by atoms with Crippen molar-refractivity contribution in [1.29, 1.82) is 0 Å². The Hall–Kier alpha value is 1.30. The molecule has 1 rings (SSSR count). The van der Waals surface area contributed by atoms with Gasteiger partial charge in [0.25, 0.3) is 0 Å². The molecule has 74 valence electrons. The third-order valence-corrected chi connectivity index (χ3v) is 3.19. The Morgan fingerprint density at radius 1 is 1.29 bits per heavy atom. The van der Waals surface area contributed by atoms with E-state index in [0.29, 0.717) is 0 Å². The minimum Gasteiger partial charge on any atom is -1.00 e.